The van der Waals surface area contributed by atoms with E-state index in [1.807, 2.05) is 0 Å². The average Bonchev–Trinajstić information content (AvgIpc) is 1.73. The standard InChI is InChI=1S/C4H8O.CN/c1-3-4(2)5;1-2/h3-5H,1H2,2H3;/q;-1. The first-order valence-corrected chi connectivity index (χ1v) is 1.80. The van der Waals surface area contributed by atoms with E-state index in [4.69, 9.17) is 16.9 Å². The van der Waals surface area contributed by atoms with Gasteiger partial charge in [0.25, 0.3) is 0 Å². The van der Waals surface area contributed by atoms with Crippen LogP contribution in [0.1, 0.15) is 6.92 Å². The van der Waals surface area contributed by atoms with Gasteiger partial charge in [-0.05, 0) is 6.92 Å². The van der Waals surface area contributed by atoms with Crippen molar-refractivity contribution in [3.8, 4) is 0 Å². The zero-order valence-corrected chi connectivity index (χ0v) is 4.26. The van der Waals surface area contributed by atoms with Gasteiger partial charge in [0, 0.05) is 0 Å². The fraction of sp³-hybridized carbons (Fsp3) is 0.400. The van der Waals surface area contributed by atoms with Crippen LogP contribution in [0.5, 0.6) is 0 Å². The van der Waals surface area contributed by atoms with Gasteiger partial charge in [-0.1, -0.05) is 6.08 Å². The number of hydrogen-bond donors (Lipinski definition) is 1. The lowest BCUT2D eigenvalue weighted by Crippen LogP contribution is -1.88. The van der Waals surface area contributed by atoms with Crippen molar-refractivity contribution in [3.63, 3.8) is 0 Å². The summed E-state index contributed by atoms with van der Waals surface area (Å²) in [6.45, 7) is 9.72. The zero-order chi connectivity index (χ0) is 6.28. The summed E-state index contributed by atoms with van der Waals surface area (Å²) in [6.07, 6.45) is 1.12. The average molecular weight is 98.1 g/mol. The number of hydrogen-bond acceptors (Lipinski definition) is 2. The van der Waals surface area contributed by atoms with Crippen LogP contribution < -0.4 is 0 Å². The molecular formula is C5H8NO-. The van der Waals surface area contributed by atoms with Crippen molar-refractivity contribution < 1.29 is 5.11 Å². The molecule has 0 aliphatic heterocycles. The van der Waals surface area contributed by atoms with Crippen LogP contribution in [0.25, 0.3) is 0 Å². The monoisotopic (exact) mass is 98.1 g/mol. The fourth-order valence-electron chi connectivity index (χ4n) is 0. The molecule has 40 valence electrons. The number of aliphatic hydroxyl groups excluding tert-OH is 1. The highest BCUT2D eigenvalue weighted by Gasteiger charge is 1.75. The van der Waals surface area contributed by atoms with Crippen molar-refractivity contribution in [2.75, 3.05) is 0 Å². The molecule has 0 saturated carbocycles. The molecule has 0 aliphatic carbocycles. The molecule has 1 atom stereocenters. The van der Waals surface area contributed by atoms with E-state index in [9.17, 15) is 0 Å². The zero-order valence-electron chi connectivity index (χ0n) is 4.26. The molecule has 2 nitrogen and oxygen atoms in total. The molecule has 0 radical (unpaired) electrons. The Morgan fingerprint density at radius 3 is 2.00 bits per heavy atom. The minimum Gasteiger partial charge on any atom is -0.512 e. The van der Waals surface area contributed by atoms with Crippen molar-refractivity contribution >= 4 is 0 Å². The molecule has 0 fully saturated rings. The van der Waals surface area contributed by atoms with Crippen LogP contribution >= 0.6 is 0 Å². The highest BCUT2D eigenvalue weighted by Crippen LogP contribution is 1.73. The maximum Gasteiger partial charge on any atom is 0.0690 e. The Morgan fingerprint density at radius 1 is 1.86 bits per heavy atom. The molecule has 0 aliphatic rings. The van der Waals surface area contributed by atoms with Gasteiger partial charge in [-0.15, -0.1) is 6.58 Å². The van der Waals surface area contributed by atoms with Crippen molar-refractivity contribution in [3.05, 3.63) is 19.2 Å². The van der Waals surface area contributed by atoms with E-state index >= 15 is 0 Å². The summed E-state index contributed by atoms with van der Waals surface area (Å²) in [5, 5.41) is 14.5. The van der Waals surface area contributed by atoms with Crippen LogP contribution in [0.4, 0.5) is 0 Å². The number of aliphatic hydroxyl groups is 1. The van der Waals surface area contributed by atoms with E-state index in [1.54, 1.807) is 6.92 Å². The summed E-state index contributed by atoms with van der Waals surface area (Å²) < 4.78 is 0. The SMILES string of the molecule is C=CC(C)O.[C-]#N. The largest absolute Gasteiger partial charge is 0.512 e. The Balaban J connectivity index is 0. The van der Waals surface area contributed by atoms with Gasteiger partial charge in [0.05, 0.1) is 6.10 Å². The second-order valence-corrected chi connectivity index (χ2v) is 0.976. The summed E-state index contributed by atoms with van der Waals surface area (Å²) >= 11 is 0. The summed E-state index contributed by atoms with van der Waals surface area (Å²) in [5.74, 6) is 0. The highest BCUT2D eigenvalue weighted by atomic mass is 16.3. The number of rotatable bonds is 1. The van der Waals surface area contributed by atoms with Gasteiger partial charge >= 0.3 is 0 Å². The van der Waals surface area contributed by atoms with Gasteiger partial charge in [0.1, 0.15) is 0 Å². The van der Waals surface area contributed by atoms with Crippen LogP contribution in [-0.2, 0) is 0 Å². The second kappa shape index (κ2) is 8.95. The third kappa shape index (κ3) is 37.3. The topological polar surface area (TPSA) is 44.0 Å². The first kappa shape index (κ1) is 9.50. The van der Waals surface area contributed by atoms with Crippen LogP contribution in [0.2, 0.25) is 0 Å². The normalized spacial score (nSPS) is 10.3. The Kier molecular flexibility index (Phi) is 12.1. The maximum atomic E-state index is 8.24. The summed E-state index contributed by atoms with van der Waals surface area (Å²) in [5.41, 5.74) is 0. The van der Waals surface area contributed by atoms with Gasteiger partial charge < -0.3 is 16.9 Å². The molecular weight excluding hydrogens is 90.1 g/mol. The molecule has 0 aromatic heterocycles. The second-order valence-electron chi connectivity index (χ2n) is 0.976. The smallest absolute Gasteiger partial charge is 0.0690 e. The minimum absolute atomic E-state index is 0.352. The molecule has 0 aromatic rings. The Morgan fingerprint density at radius 2 is 2.00 bits per heavy atom. The molecule has 0 aromatic carbocycles. The molecule has 1 N–H and O–H groups in total. The lowest BCUT2D eigenvalue weighted by atomic mass is 10.4. The van der Waals surface area contributed by atoms with Gasteiger partial charge in [0.15, 0.2) is 0 Å². The van der Waals surface area contributed by atoms with Gasteiger partial charge in [-0.3, -0.25) is 0 Å². The lowest BCUT2D eigenvalue weighted by molar-refractivity contribution is 0.244. The quantitative estimate of drug-likeness (QED) is 0.386. The third-order valence-electron chi connectivity index (χ3n) is 0.341. The van der Waals surface area contributed by atoms with E-state index in [2.05, 4.69) is 6.58 Å². The van der Waals surface area contributed by atoms with Gasteiger partial charge in [-0.25, -0.2) is 0 Å². The van der Waals surface area contributed by atoms with E-state index in [0.29, 0.717) is 0 Å². The van der Waals surface area contributed by atoms with Crippen molar-refractivity contribution in [1.82, 2.24) is 0 Å². The molecule has 1 unspecified atom stereocenters. The summed E-state index contributed by atoms with van der Waals surface area (Å²) in [4.78, 5) is 0. The van der Waals surface area contributed by atoms with E-state index in [0.717, 1.165) is 0 Å². The molecule has 2 heteroatoms. The highest BCUT2D eigenvalue weighted by molar-refractivity contribution is 4.72. The predicted octanol–water partition coefficient (Wildman–Crippen LogP) is 0.650. The summed E-state index contributed by atoms with van der Waals surface area (Å²) in [7, 11) is 0. The first-order valence-electron chi connectivity index (χ1n) is 1.80. The minimum atomic E-state index is -0.352. The fourth-order valence-corrected chi connectivity index (χ4v) is 0. The van der Waals surface area contributed by atoms with E-state index in [1.165, 1.54) is 6.08 Å². The first-order chi connectivity index (χ1) is 3.27. The van der Waals surface area contributed by atoms with Crippen molar-refractivity contribution in [2.24, 2.45) is 0 Å². The number of nitrogens with zero attached hydrogens (tertiary/aromatic N) is 1. The summed E-state index contributed by atoms with van der Waals surface area (Å²) in [6, 6.07) is 0. The van der Waals surface area contributed by atoms with Crippen molar-refractivity contribution in [2.45, 2.75) is 13.0 Å². The maximum absolute atomic E-state index is 8.24. The Bertz CT molecular complexity index is 56.3. The molecule has 0 spiro atoms. The van der Waals surface area contributed by atoms with Crippen LogP contribution in [-0.4, -0.2) is 11.2 Å². The lowest BCUT2D eigenvalue weighted by Gasteiger charge is -1.84. The molecule has 7 heavy (non-hydrogen) atoms. The van der Waals surface area contributed by atoms with Crippen molar-refractivity contribution in [1.29, 1.82) is 5.26 Å². The van der Waals surface area contributed by atoms with Gasteiger partial charge in [0.2, 0.25) is 0 Å². The van der Waals surface area contributed by atoms with Gasteiger partial charge in [-0.2, -0.15) is 0 Å². The van der Waals surface area contributed by atoms with Crippen LogP contribution in [0, 0.1) is 11.8 Å². The van der Waals surface area contributed by atoms with E-state index < -0.39 is 0 Å². The van der Waals surface area contributed by atoms with Crippen LogP contribution in [0.15, 0.2) is 12.7 Å². The van der Waals surface area contributed by atoms with E-state index in [-0.39, 0.29) is 6.10 Å². The Hall–Kier alpha value is -0.810. The Labute approximate surface area is 43.7 Å². The third-order valence-corrected chi connectivity index (χ3v) is 0.341. The predicted molar refractivity (Wildman–Crippen MR) is 26.8 cm³/mol. The molecule has 0 saturated heterocycles. The molecule has 0 amide bonds. The molecule has 0 heterocycles. The molecule has 0 rings (SSSR count). The molecule has 0 bridgehead atoms. The van der Waals surface area contributed by atoms with Crippen LogP contribution in [0.3, 0.4) is 0 Å².